The molecule has 0 heterocycles. The highest BCUT2D eigenvalue weighted by atomic mass is 19.4. The van der Waals surface area contributed by atoms with E-state index in [1.54, 1.807) is 0 Å². The van der Waals surface area contributed by atoms with Gasteiger partial charge in [0.15, 0.2) is 0 Å². The summed E-state index contributed by atoms with van der Waals surface area (Å²) in [5.41, 5.74) is 4.23. The van der Waals surface area contributed by atoms with Crippen LogP contribution in [0.1, 0.15) is 18.4 Å². The highest BCUT2D eigenvalue weighted by Crippen LogP contribution is 2.39. The number of halogens is 6. The minimum atomic E-state index is -4.57. The molecule has 20 heavy (non-hydrogen) atoms. The van der Waals surface area contributed by atoms with Crippen molar-refractivity contribution in [3.05, 3.63) is 23.8 Å². The largest absolute Gasteiger partial charge is 0.416 e. The van der Waals surface area contributed by atoms with Gasteiger partial charge in [-0.25, -0.2) is 0 Å². The third kappa shape index (κ3) is 3.49. The van der Waals surface area contributed by atoms with Crippen LogP contribution in [0.2, 0.25) is 0 Å². The minimum Gasteiger partial charge on any atom is -0.397 e. The maximum absolute atomic E-state index is 12.5. The molecule has 0 radical (unpaired) electrons. The summed E-state index contributed by atoms with van der Waals surface area (Å²) in [6.45, 7) is -1.22. The molecular weight excluding hydrogens is 286 g/mol. The summed E-state index contributed by atoms with van der Waals surface area (Å²) in [7, 11) is 0. The SMILES string of the molecule is Nc1cc(C(F)(F)F)ccc1N(CC(F)(F)F)C1CC1. The van der Waals surface area contributed by atoms with Crippen LogP contribution in [0.4, 0.5) is 37.7 Å². The molecule has 0 aliphatic heterocycles. The van der Waals surface area contributed by atoms with Crippen molar-refractivity contribution in [3.8, 4) is 0 Å². The Morgan fingerprint density at radius 2 is 1.70 bits per heavy atom. The van der Waals surface area contributed by atoms with E-state index in [0.29, 0.717) is 18.9 Å². The van der Waals surface area contributed by atoms with E-state index in [2.05, 4.69) is 0 Å². The molecule has 0 unspecified atom stereocenters. The van der Waals surface area contributed by atoms with Gasteiger partial charge in [-0.3, -0.25) is 0 Å². The number of anilines is 2. The van der Waals surface area contributed by atoms with Gasteiger partial charge in [0.1, 0.15) is 6.54 Å². The Balaban J connectivity index is 2.30. The van der Waals surface area contributed by atoms with Gasteiger partial charge in [0.05, 0.1) is 16.9 Å². The molecule has 0 bridgehead atoms. The first kappa shape index (κ1) is 14.8. The lowest BCUT2D eigenvalue weighted by Gasteiger charge is -2.27. The van der Waals surface area contributed by atoms with Gasteiger partial charge in [0.2, 0.25) is 0 Å². The molecule has 1 fully saturated rings. The maximum atomic E-state index is 12.5. The zero-order chi connectivity index (χ0) is 15.1. The lowest BCUT2D eigenvalue weighted by molar-refractivity contribution is -0.137. The van der Waals surface area contributed by atoms with Crippen LogP contribution in [0.5, 0.6) is 0 Å². The first-order valence-electron chi connectivity index (χ1n) is 5.88. The van der Waals surface area contributed by atoms with Gasteiger partial charge >= 0.3 is 12.4 Å². The van der Waals surface area contributed by atoms with Gasteiger partial charge in [0, 0.05) is 6.04 Å². The number of nitrogen functional groups attached to an aromatic ring is 1. The minimum absolute atomic E-state index is 0.00201. The number of nitrogens with two attached hydrogens (primary N) is 1. The second kappa shape index (κ2) is 4.75. The molecule has 0 spiro atoms. The summed E-state index contributed by atoms with van der Waals surface area (Å²) in [6, 6.07) is 2.11. The first-order chi connectivity index (χ1) is 9.08. The van der Waals surface area contributed by atoms with E-state index in [9.17, 15) is 26.3 Å². The standard InChI is InChI=1S/C12H12F6N2/c13-11(14,15)6-20(8-2-3-8)10-4-1-7(5-9(10)19)12(16,17)18/h1,4-5,8H,2-3,6,19H2. The quantitative estimate of drug-likeness (QED) is 0.679. The number of rotatable bonds is 3. The van der Waals surface area contributed by atoms with Crippen molar-refractivity contribution in [1.82, 2.24) is 0 Å². The number of hydrogen-bond donors (Lipinski definition) is 1. The Hall–Kier alpha value is -1.60. The molecule has 1 aliphatic carbocycles. The molecule has 8 heteroatoms. The second-order valence-corrected chi connectivity index (χ2v) is 4.75. The third-order valence-electron chi connectivity index (χ3n) is 3.00. The van der Waals surface area contributed by atoms with Gasteiger partial charge in [-0.1, -0.05) is 0 Å². The Labute approximate surface area is 111 Å². The molecule has 0 saturated heterocycles. The molecule has 1 aliphatic rings. The summed E-state index contributed by atoms with van der Waals surface area (Å²) in [6.07, 6.45) is -7.84. The van der Waals surface area contributed by atoms with E-state index in [1.165, 1.54) is 0 Å². The monoisotopic (exact) mass is 298 g/mol. The first-order valence-corrected chi connectivity index (χ1v) is 5.88. The highest BCUT2D eigenvalue weighted by molar-refractivity contribution is 5.69. The van der Waals surface area contributed by atoms with Crippen LogP contribution in [0, 0.1) is 0 Å². The van der Waals surface area contributed by atoms with Crippen LogP contribution in [0.15, 0.2) is 18.2 Å². The molecule has 1 aromatic carbocycles. The number of benzene rings is 1. The molecule has 0 aromatic heterocycles. The molecule has 1 aromatic rings. The van der Waals surface area contributed by atoms with Crippen molar-refractivity contribution in [2.24, 2.45) is 0 Å². The van der Waals surface area contributed by atoms with Crippen molar-refractivity contribution >= 4 is 11.4 Å². The average molecular weight is 298 g/mol. The van der Waals surface area contributed by atoms with Crippen LogP contribution in [0.25, 0.3) is 0 Å². The predicted molar refractivity (Wildman–Crippen MR) is 62.3 cm³/mol. The molecule has 2 N–H and O–H groups in total. The molecular formula is C12H12F6N2. The zero-order valence-corrected chi connectivity index (χ0v) is 10.2. The Kier molecular flexibility index (Phi) is 3.51. The number of nitrogens with zero attached hydrogens (tertiary/aromatic N) is 1. The van der Waals surface area contributed by atoms with Crippen LogP contribution in [-0.2, 0) is 6.18 Å². The fourth-order valence-electron chi connectivity index (χ4n) is 1.98. The Morgan fingerprint density at radius 1 is 1.10 bits per heavy atom. The summed E-state index contributed by atoms with van der Waals surface area (Å²) in [5, 5.41) is 0. The van der Waals surface area contributed by atoms with Crippen molar-refractivity contribution < 1.29 is 26.3 Å². The topological polar surface area (TPSA) is 29.3 Å². The Morgan fingerprint density at radius 3 is 2.10 bits per heavy atom. The third-order valence-corrected chi connectivity index (χ3v) is 3.00. The zero-order valence-electron chi connectivity index (χ0n) is 10.2. The van der Waals surface area contributed by atoms with Crippen molar-refractivity contribution in [1.29, 1.82) is 0 Å². The van der Waals surface area contributed by atoms with E-state index in [1.807, 2.05) is 0 Å². The van der Waals surface area contributed by atoms with E-state index in [4.69, 9.17) is 5.73 Å². The number of hydrogen-bond acceptors (Lipinski definition) is 2. The number of alkyl halides is 6. The van der Waals surface area contributed by atoms with E-state index in [-0.39, 0.29) is 17.4 Å². The van der Waals surface area contributed by atoms with Crippen molar-refractivity contribution in [3.63, 3.8) is 0 Å². The van der Waals surface area contributed by atoms with E-state index >= 15 is 0 Å². The van der Waals surface area contributed by atoms with Gasteiger partial charge in [0.25, 0.3) is 0 Å². The van der Waals surface area contributed by atoms with Crippen molar-refractivity contribution in [2.75, 3.05) is 17.2 Å². The van der Waals surface area contributed by atoms with Crippen LogP contribution in [0.3, 0.4) is 0 Å². The normalized spacial score (nSPS) is 16.3. The summed E-state index contributed by atoms with van der Waals surface area (Å²) in [5.74, 6) is 0. The summed E-state index contributed by atoms with van der Waals surface area (Å²) >= 11 is 0. The lowest BCUT2D eigenvalue weighted by Crippen LogP contribution is -2.36. The molecule has 1 saturated carbocycles. The Bertz CT molecular complexity index is 490. The van der Waals surface area contributed by atoms with Crippen LogP contribution < -0.4 is 10.6 Å². The van der Waals surface area contributed by atoms with E-state index < -0.39 is 24.5 Å². The predicted octanol–water partition coefficient (Wildman–Crippen LogP) is 3.82. The van der Waals surface area contributed by atoms with Gasteiger partial charge in [-0.2, -0.15) is 26.3 Å². The van der Waals surface area contributed by atoms with Gasteiger partial charge in [-0.15, -0.1) is 0 Å². The van der Waals surface area contributed by atoms with Crippen LogP contribution >= 0.6 is 0 Å². The molecule has 112 valence electrons. The highest BCUT2D eigenvalue weighted by Gasteiger charge is 2.39. The van der Waals surface area contributed by atoms with Gasteiger partial charge in [-0.05, 0) is 31.0 Å². The average Bonchev–Trinajstić information content (AvgIpc) is 3.07. The molecule has 2 rings (SSSR count). The molecule has 0 atom stereocenters. The van der Waals surface area contributed by atoms with Crippen molar-refractivity contribution in [2.45, 2.75) is 31.2 Å². The second-order valence-electron chi connectivity index (χ2n) is 4.75. The summed E-state index contributed by atoms with van der Waals surface area (Å²) < 4.78 is 75.0. The maximum Gasteiger partial charge on any atom is 0.416 e. The smallest absolute Gasteiger partial charge is 0.397 e. The fraction of sp³-hybridized carbons (Fsp3) is 0.500. The molecule has 2 nitrogen and oxygen atoms in total. The van der Waals surface area contributed by atoms with Crippen LogP contribution in [-0.4, -0.2) is 18.8 Å². The van der Waals surface area contributed by atoms with E-state index in [0.717, 1.165) is 17.0 Å². The fourth-order valence-corrected chi connectivity index (χ4v) is 1.98. The molecule has 0 amide bonds. The lowest BCUT2D eigenvalue weighted by atomic mass is 10.1. The van der Waals surface area contributed by atoms with Gasteiger partial charge < -0.3 is 10.6 Å². The summed E-state index contributed by atoms with van der Waals surface area (Å²) in [4.78, 5) is 1.02.